The second-order valence-corrected chi connectivity index (χ2v) is 5.04. The van der Waals surface area contributed by atoms with Gasteiger partial charge in [-0.05, 0) is 24.3 Å². The fourth-order valence-electron chi connectivity index (χ4n) is 2.48. The molecule has 0 unspecified atom stereocenters. The van der Waals surface area contributed by atoms with Crippen molar-refractivity contribution in [2.45, 2.75) is 0 Å². The molecule has 0 aliphatic heterocycles. The molecule has 3 aromatic rings. The summed E-state index contributed by atoms with van der Waals surface area (Å²) in [6.07, 6.45) is 0. The van der Waals surface area contributed by atoms with Crippen LogP contribution in [0.2, 0.25) is 0 Å². The molecule has 0 fully saturated rings. The molecule has 3 rings (SSSR count). The van der Waals surface area contributed by atoms with Gasteiger partial charge in [-0.15, -0.1) is 0 Å². The number of carboxylic acids is 1. The lowest BCUT2D eigenvalue weighted by Gasteiger charge is -2.10. The van der Waals surface area contributed by atoms with Gasteiger partial charge in [-0.1, -0.05) is 12.1 Å². The minimum Gasteiger partial charge on any atom is -0.497 e. The molecule has 0 radical (unpaired) electrons. The molecule has 0 aliphatic carbocycles. The molecule has 0 spiro atoms. The smallest absolute Gasteiger partial charge is 0.343 e. The van der Waals surface area contributed by atoms with Gasteiger partial charge in [0.1, 0.15) is 17.1 Å². The third kappa shape index (κ3) is 2.58. The van der Waals surface area contributed by atoms with E-state index in [4.69, 9.17) is 13.9 Å². The number of fused-ring (bicyclic) bond motifs is 1. The van der Waals surface area contributed by atoms with Crippen molar-refractivity contribution in [3.63, 3.8) is 0 Å². The van der Waals surface area contributed by atoms with Crippen molar-refractivity contribution in [1.82, 2.24) is 0 Å². The van der Waals surface area contributed by atoms with E-state index in [9.17, 15) is 14.7 Å². The van der Waals surface area contributed by atoms with Crippen molar-refractivity contribution >= 4 is 16.9 Å². The van der Waals surface area contributed by atoms with Crippen LogP contribution in [0.5, 0.6) is 11.5 Å². The number of para-hydroxylation sites is 1. The van der Waals surface area contributed by atoms with Crippen LogP contribution in [0.4, 0.5) is 0 Å². The SMILES string of the molecule is COc1cc(OC)cc(-c2oc3ccccc3c(=O)c2C(=O)O)c1. The summed E-state index contributed by atoms with van der Waals surface area (Å²) < 4.78 is 16.1. The number of carbonyl (C=O) groups is 1. The molecule has 6 heteroatoms. The topological polar surface area (TPSA) is 86.0 Å². The minimum absolute atomic E-state index is 0.0385. The minimum atomic E-state index is -1.36. The molecule has 2 aromatic carbocycles. The predicted octanol–water partition coefficient (Wildman–Crippen LogP) is 3.18. The largest absolute Gasteiger partial charge is 0.497 e. The van der Waals surface area contributed by atoms with E-state index in [1.165, 1.54) is 20.3 Å². The maximum absolute atomic E-state index is 12.6. The summed E-state index contributed by atoms with van der Waals surface area (Å²) in [6, 6.07) is 11.3. The van der Waals surface area contributed by atoms with Crippen molar-refractivity contribution in [3.05, 3.63) is 58.3 Å². The lowest BCUT2D eigenvalue weighted by molar-refractivity contribution is 0.0694. The van der Waals surface area contributed by atoms with E-state index in [-0.39, 0.29) is 11.1 Å². The maximum Gasteiger partial charge on any atom is 0.343 e. The number of carboxylic acid groups (broad SMARTS) is 1. The van der Waals surface area contributed by atoms with Crippen LogP contribution < -0.4 is 14.9 Å². The molecule has 0 atom stereocenters. The van der Waals surface area contributed by atoms with E-state index in [0.29, 0.717) is 22.6 Å². The Labute approximate surface area is 136 Å². The molecule has 1 aromatic heterocycles. The highest BCUT2D eigenvalue weighted by atomic mass is 16.5. The van der Waals surface area contributed by atoms with Gasteiger partial charge in [0, 0.05) is 11.6 Å². The van der Waals surface area contributed by atoms with E-state index in [2.05, 4.69) is 0 Å². The predicted molar refractivity (Wildman–Crippen MR) is 88.0 cm³/mol. The van der Waals surface area contributed by atoms with Gasteiger partial charge in [-0.2, -0.15) is 0 Å². The fourth-order valence-corrected chi connectivity index (χ4v) is 2.48. The van der Waals surface area contributed by atoms with E-state index in [1.54, 1.807) is 36.4 Å². The Morgan fingerprint density at radius 3 is 2.25 bits per heavy atom. The third-order valence-electron chi connectivity index (χ3n) is 3.63. The van der Waals surface area contributed by atoms with Crippen LogP contribution in [-0.4, -0.2) is 25.3 Å². The van der Waals surface area contributed by atoms with Crippen molar-refractivity contribution in [1.29, 1.82) is 0 Å². The van der Waals surface area contributed by atoms with Gasteiger partial charge in [-0.25, -0.2) is 4.79 Å². The molecule has 24 heavy (non-hydrogen) atoms. The number of aromatic carboxylic acids is 1. The Kier molecular flexibility index (Phi) is 3.95. The fraction of sp³-hybridized carbons (Fsp3) is 0.111. The summed E-state index contributed by atoms with van der Waals surface area (Å²) in [6.45, 7) is 0. The first-order chi connectivity index (χ1) is 11.5. The van der Waals surface area contributed by atoms with Crippen LogP contribution in [0, 0.1) is 0 Å². The highest BCUT2D eigenvalue weighted by Crippen LogP contribution is 2.32. The summed E-state index contributed by atoms with van der Waals surface area (Å²) in [5.41, 5.74) is -0.333. The van der Waals surface area contributed by atoms with E-state index in [1.807, 2.05) is 0 Å². The van der Waals surface area contributed by atoms with Crippen molar-refractivity contribution < 1.29 is 23.8 Å². The highest BCUT2D eigenvalue weighted by Gasteiger charge is 2.22. The van der Waals surface area contributed by atoms with Crippen LogP contribution >= 0.6 is 0 Å². The van der Waals surface area contributed by atoms with Crippen molar-refractivity contribution in [3.8, 4) is 22.8 Å². The van der Waals surface area contributed by atoms with Crippen LogP contribution in [0.25, 0.3) is 22.3 Å². The van der Waals surface area contributed by atoms with E-state index in [0.717, 1.165) is 0 Å². The number of hydrogen-bond donors (Lipinski definition) is 1. The Bertz CT molecular complexity index is 964. The zero-order valence-electron chi connectivity index (χ0n) is 13.0. The lowest BCUT2D eigenvalue weighted by atomic mass is 10.0. The zero-order chi connectivity index (χ0) is 17.3. The summed E-state index contributed by atoms with van der Waals surface area (Å²) in [5, 5.41) is 9.71. The molecule has 0 bridgehead atoms. The Morgan fingerprint density at radius 1 is 1.04 bits per heavy atom. The van der Waals surface area contributed by atoms with Crippen molar-refractivity contribution in [2.24, 2.45) is 0 Å². The first-order valence-corrected chi connectivity index (χ1v) is 7.07. The van der Waals surface area contributed by atoms with Crippen LogP contribution in [0.1, 0.15) is 10.4 Å². The second-order valence-electron chi connectivity index (χ2n) is 5.04. The monoisotopic (exact) mass is 326 g/mol. The molecule has 6 nitrogen and oxygen atoms in total. The van der Waals surface area contributed by atoms with Gasteiger partial charge in [0.2, 0.25) is 5.43 Å². The molecule has 0 amide bonds. The average Bonchev–Trinajstić information content (AvgIpc) is 2.60. The third-order valence-corrected chi connectivity index (χ3v) is 3.63. The highest BCUT2D eigenvalue weighted by molar-refractivity contribution is 5.98. The van der Waals surface area contributed by atoms with Gasteiger partial charge < -0.3 is 19.0 Å². The lowest BCUT2D eigenvalue weighted by Crippen LogP contribution is -2.16. The number of ether oxygens (including phenoxy) is 2. The van der Waals surface area contributed by atoms with Gasteiger partial charge >= 0.3 is 5.97 Å². The Morgan fingerprint density at radius 2 is 1.67 bits per heavy atom. The zero-order valence-corrected chi connectivity index (χ0v) is 13.0. The molecule has 0 aliphatic rings. The summed E-state index contributed by atoms with van der Waals surface area (Å²) in [4.78, 5) is 24.2. The molecular formula is C18H14O6. The standard InChI is InChI=1S/C18H14O6/c1-22-11-7-10(8-12(9-11)23-2)17-15(18(20)21)16(19)13-5-3-4-6-14(13)24-17/h3-9H,1-2H3,(H,20,21). The van der Waals surface area contributed by atoms with Crippen LogP contribution in [0.15, 0.2) is 51.7 Å². The molecular weight excluding hydrogens is 312 g/mol. The van der Waals surface area contributed by atoms with E-state index < -0.39 is 17.0 Å². The first-order valence-electron chi connectivity index (χ1n) is 7.07. The molecule has 0 saturated carbocycles. The number of rotatable bonds is 4. The van der Waals surface area contributed by atoms with Gasteiger partial charge in [0.25, 0.3) is 0 Å². The first kappa shape index (κ1) is 15.6. The molecule has 1 N–H and O–H groups in total. The van der Waals surface area contributed by atoms with Gasteiger partial charge in [0.05, 0.1) is 19.6 Å². The number of benzene rings is 2. The quantitative estimate of drug-likeness (QED) is 0.792. The van der Waals surface area contributed by atoms with Gasteiger partial charge in [0.15, 0.2) is 11.3 Å². The number of methoxy groups -OCH3 is 2. The van der Waals surface area contributed by atoms with Crippen LogP contribution in [-0.2, 0) is 0 Å². The average molecular weight is 326 g/mol. The summed E-state index contributed by atoms with van der Waals surface area (Å²) in [5.74, 6) is -0.484. The normalized spacial score (nSPS) is 10.6. The second kappa shape index (κ2) is 6.08. The summed E-state index contributed by atoms with van der Waals surface area (Å²) in [7, 11) is 2.96. The van der Waals surface area contributed by atoms with Crippen LogP contribution in [0.3, 0.4) is 0 Å². The van der Waals surface area contributed by atoms with Crippen molar-refractivity contribution in [2.75, 3.05) is 14.2 Å². The molecule has 1 heterocycles. The Hall–Kier alpha value is -3.28. The molecule has 0 saturated heterocycles. The van der Waals surface area contributed by atoms with E-state index >= 15 is 0 Å². The summed E-state index contributed by atoms with van der Waals surface area (Å²) >= 11 is 0. The maximum atomic E-state index is 12.6. The number of hydrogen-bond acceptors (Lipinski definition) is 5. The van der Waals surface area contributed by atoms with Gasteiger partial charge in [-0.3, -0.25) is 4.79 Å². The molecule has 122 valence electrons. The Balaban J connectivity index is 2.39.